The Balaban J connectivity index is 1.61. The summed E-state index contributed by atoms with van der Waals surface area (Å²) in [6.07, 6.45) is 7.59. The van der Waals surface area contributed by atoms with Crippen LogP contribution in [-0.4, -0.2) is 33.3 Å². The van der Waals surface area contributed by atoms with E-state index in [2.05, 4.69) is 20.7 Å². The van der Waals surface area contributed by atoms with Crippen LogP contribution in [0.3, 0.4) is 0 Å². The minimum atomic E-state index is 0.300. The number of anilines is 3. The zero-order valence-electron chi connectivity index (χ0n) is 15.9. The quantitative estimate of drug-likeness (QED) is 0.574. The van der Waals surface area contributed by atoms with Gasteiger partial charge in [-0.2, -0.15) is 0 Å². The van der Waals surface area contributed by atoms with Crippen molar-refractivity contribution >= 4 is 34.4 Å². The zero-order valence-corrected chi connectivity index (χ0v) is 16.6. The Morgan fingerprint density at radius 1 is 1.21 bits per heavy atom. The summed E-state index contributed by atoms with van der Waals surface area (Å²) in [5, 5.41) is 12.0. The van der Waals surface area contributed by atoms with Crippen molar-refractivity contribution in [1.82, 2.24) is 14.6 Å². The second kappa shape index (κ2) is 8.24. The summed E-state index contributed by atoms with van der Waals surface area (Å²) in [7, 11) is 0. The van der Waals surface area contributed by atoms with Crippen molar-refractivity contribution in [3.05, 3.63) is 41.7 Å². The molecule has 7 nitrogen and oxygen atoms in total. The van der Waals surface area contributed by atoms with Crippen LogP contribution >= 0.6 is 11.6 Å². The fourth-order valence-electron chi connectivity index (χ4n) is 3.53. The second-order valence-electron chi connectivity index (χ2n) is 7.07. The third-order valence-corrected chi connectivity index (χ3v) is 5.40. The first-order valence-electron chi connectivity index (χ1n) is 9.69. The number of halogens is 1. The third kappa shape index (κ3) is 4.00. The molecule has 0 amide bonds. The molecule has 0 radical (unpaired) electrons. The normalized spacial score (nSPS) is 19.5. The predicted molar refractivity (Wildman–Crippen MR) is 113 cm³/mol. The molecule has 148 valence electrons. The molecular formula is C20H25ClN6O. The smallest absolute Gasteiger partial charge is 0.179 e. The van der Waals surface area contributed by atoms with Crippen molar-refractivity contribution in [3.8, 4) is 5.75 Å². The number of benzene rings is 1. The Bertz CT molecular complexity index is 934. The van der Waals surface area contributed by atoms with Gasteiger partial charge in [0, 0.05) is 30.2 Å². The van der Waals surface area contributed by atoms with Crippen molar-refractivity contribution in [2.75, 3.05) is 17.2 Å². The van der Waals surface area contributed by atoms with Gasteiger partial charge in [0.2, 0.25) is 0 Å². The van der Waals surface area contributed by atoms with E-state index in [1.165, 1.54) is 0 Å². The number of fused-ring (bicyclic) bond motifs is 1. The van der Waals surface area contributed by atoms with Gasteiger partial charge >= 0.3 is 0 Å². The Morgan fingerprint density at radius 2 is 1.96 bits per heavy atom. The number of rotatable bonds is 6. The number of ether oxygens (including phenoxy) is 1. The molecule has 2 heterocycles. The molecule has 0 bridgehead atoms. The average molecular weight is 401 g/mol. The Morgan fingerprint density at radius 3 is 2.68 bits per heavy atom. The Labute approximate surface area is 169 Å². The van der Waals surface area contributed by atoms with Crippen LogP contribution in [0.25, 0.3) is 5.65 Å². The van der Waals surface area contributed by atoms with E-state index in [0.29, 0.717) is 35.2 Å². The summed E-state index contributed by atoms with van der Waals surface area (Å²) >= 11 is 6.73. The van der Waals surface area contributed by atoms with Gasteiger partial charge in [0.05, 0.1) is 6.61 Å². The summed E-state index contributed by atoms with van der Waals surface area (Å²) in [4.78, 5) is 4.41. The monoisotopic (exact) mass is 400 g/mol. The molecule has 1 aliphatic carbocycles. The van der Waals surface area contributed by atoms with Crippen LogP contribution in [0.2, 0.25) is 5.02 Å². The standard InChI is InChI=1S/C20H25ClN6O/c1-2-28-16-9-7-14(8-10-16)24-18-17(21)19(26-27-12-11-23-20(18)27)25-15-5-3-13(22)4-6-15/h7-13,15,24H,2-6,22H2,1H3,(H,25,26). The van der Waals surface area contributed by atoms with Gasteiger partial charge in [0.1, 0.15) is 16.5 Å². The summed E-state index contributed by atoms with van der Waals surface area (Å²) in [5.74, 6) is 1.48. The lowest BCUT2D eigenvalue weighted by Gasteiger charge is -2.27. The van der Waals surface area contributed by atoms with Crippen molar-refractivity contribution in [3.63, 3.8) is 0 Å². The van der Waals surface area contributed by atoms with Crippen LogP contribution in [0.5, 0.6) is 5.75 Å². The number of aromatic nitrogens is 3. The van der Waals surface area contributed by atoms with E-state index >= 15 is 0 Å². The van der Waals surface area contributed by atoms with E-state index in [1.54, 1.807) is 10.7 Å². The molecule has 4 N–H and O–H groups in total. The lowest BCUT2D eigenvalue weighted by Crippen LogP contribution is -2.33. The first-order chi connectivity index (χ1) is 13.6. The molecule has 0 saturated heterocycles. The van der Waals surface area contributed by atoms with Crippen molar-refractivity contribution in [1.29, 1.82) is 0 Å². The first-order valence-corrected chi connectivity index (χ1v) is 10.1. The third-order valence-electron chi connectivity index (χ3n) is 5.03. The topological polar surface area (TPSA) is 89.5 Å². The number of nitrogens with two attached hydrogens (primary N) is 1. The van der Waals surface area contributed by atoms with Crippen LogP contribution < -0.4 is 21.1 Å². The molecule has 0 spiro atoms. The maximum Gasteiger partial charge on any atom is 0.179 e. The van der Waals surface area contributed by atoms with Gasteiger partial charge in [0.15, 0.2) is 11.5 Å². The molecule has 1 saturated carbocycles. The highest BCUT2D eigenvalue weighted by Gasteiger charge is 2.22. The molecule has 2 aromatic heterocycles. The number of hydrogen-bond donors (Lipinski definition) is 3. The van der Waals surface area contributed by atoms with E-state index in [4.69, 9.17) is 22.1 Å². The fraction of sp³-hybridized carbons (Fsp3) is 0.400. The molecule has 3 aromatic rings. The molecule has 1 aromatic carbocycles. The molecule has 1 aliphatic rings. The van der Waals surface area contributed by atoms with Gasteiger partial charge < -0.3 is 21.1 Å². The lowest BCUT2D eigenvalue weighted by atomic mass is 9.92. The average Bonchev–Trinajstić information content (AvgIpc) is 3.16. The van der Waals surface area contributed by atoms with Crippen molar-refractivity contribution < 1.29 is 4.74 Å². The molecule has 0 aliphatic heterocycles. The zero-order chi connectivity index (χ0) is 19.5. The highest BCUT2D eigenvalue weighted by atomic mass is 35.5. The van der Waals surface area contributed by atoms with E-state index in [1.807, 2.05) is 37.4 Å². The Hall–Kier alpha value is -2.51. The molecule has 4 rings (SSSR count). The SMILES string of the molecule is CCOc1ccc(Nc2c(Cl)c(NC3CCC(N)CC3)nn3ccnc23)cc1. The van der Waals surface area contributed by atoms with Crippen molar-refractivity contribution in [2.45, 2.75) is 44.7 Å². The van der Waals surface area contributed by atoms with E-state index in [-0.39, 0.29) is 0 Å². The molecule has 0 unspecified atom stereocenters. The van der Waals surface area contributed by atoms with E-state index < -0.39 is 0 Å². The summed E-state index contributed by atoms with van der Waals surface area (Å²) in [6, 6.07) is 8.38. The van der Waals surface area contributed by atoms with Crippen molar-refractivity contribution in [2.24, 2.45) is 5.73 Å². The van der Waals surface area contributed by atoms with Gasteiger partial charge in [-0.05, 0) is 56.9 Å². The van der Waals surface area contributed by atoms with Crippen LogP contribution in [-0.2, 0) is 0 Å². The minimum Gasteiger partial charge on any atom is -0.494 e. The van der Waals surface area contributed by atoms with Crippen LogP contribution in [0, 0.1) is 0 Å². The van der Waals surface area contributed by atoms with Gasteiger partial charge in [-0.3, -0.25) is 0 Å². The van der Waals surface area contributed by atoms with Gasteiger partial charge in [-0.1, -0.05) is 11.6 Å². The van der Waals surface area contributed by atoms with E-state index in [9.17, 15) is 0 Å². The highest BCUT2D eigenvalue weighted by molar-refractivity contribution is 6.36. The Kier molecular flexibility index (Phi) is 5.54. The molecule has 0 atom stereocenters. The lowest BCUT2D eigenvalue weighted by molar-refractivity contribution is 0.340. The van der Waals surface area contributed by atoms with Crippen LogP contribution in [0.4, 0.5) is 17.2 Å². The summed E-state index contributed by atoms with van der Waals surface area (Å²) < 4.78 is 7.24. The number of hydrogen-bond acceptors (Lipinski definition) is 6. The number of imidazole rings is 1. The predicted octanol–water partition coefficient (Wildman–Crippen LogP) is 4.21. The molecule has 1 fully saturated rings. The molecular weight excluding hydrogens is 376 g/mol. The van der Waals surface area contributed by atoms with Crippen LogP contribution in [0.1, 0.15) is 32.6 Å². The second-order valence-corrected chi connectivity index (χ2v) is 7.45. The maximum atomic E-state index is 6.73. The summed E-state index contributed by atoms with van der Waals surface area (Å²) in [5.41, 5.74) is 8.32. The largest absolute Gasteiger partial charge is 0.494 e. The summed E-state index contributed by atoms with van der Waals surface area (Å²) in [6.45, 7) is 2.60. The van der Waals surface area contributed by atoms with Gasteiger partial charge in [-0.25, -0.2) is 9.50 Å². The number of nitrogens with zero attached hydrogens (tertiary/aromatic N) is 3. The molecule has 8 heteroatoms. The highest BCUT2D eigenvalue weighted by Crippen LogP contribution is 2.35. The number of nitrogens with one attached hydrogen (secondary N) is 2. The fourth-order valence-corrected chi connectivity index (χ4v) is 3.75. The maximum absolute atomic E-state index is 6.73. The van der Waals surface area contributed by atoms with Gasteiger partial charge in [0.25, 0.3) is 0 Å². The van der Waals surface area contributed by atoms with E-state index in [0.717, 1.165) is 42.8 Å². The first kappa shape index (κ1) is 18.8. The van der Waals surface area contributed by atoms with Gasteiger partial charge in [-0.15, -0.1) is 5.10 Å². The molecule has 28 heavy (non-hydrogen) atoms. The van der Waals surface area contributed by atoms with Crippen LogP contribution in [0.15, 0.2) is 36.7 Å². The minimum absolute atomic E-state index is 0.300.